The fourth-order valence-corrected chi connectivity index (χ4v) is 4.35. The van der Waals surface area contributed by atoms with Crippen LogP contribution in [0.3, 0.4) is 0 Å². The first-order chi connectivity index (χ1) is 12.3. The van der Waals surface area contributed by atoms with Crippen LogP contribution in [0.25, 0.3) is 11.0 Å². The number of benzene rings is 2. The van der Waals surface area contributed by atoms with E-state index in [4.69, 9.17) is 0 Å². The van der Waals surface area contributed by atoms with Gasteiger partial charge in [-0.05, 0) is 36.8 Å². The molecule has 26 heavy (non-hydrogen) atoms. The molecule has 3 rings (SSSR count). The molecule has 0 aliphatic rings. The molecule has 9 heteroatoms. The lowest BCUT2D eigenvalue weighted by Gasteiger charge is -2.25. The summed E-state index contributed by atoms with van der Waals surface area (Å²) in [6, 6.07) is 10.2. The Bertz CT molecular complexity index is 1130. The zero-order valence-electron chi connectivity index (χ0n) is 13.9. The summed E-state index contributed by atoms with van der Waals surface area (Å²) in [6.45, 7) is 1.92. The molecular weight excluding hydrogens is 358 g/mol. The molecule has 0 unspecified atom stereocenters. The van der Waals surface area contributed by atoms with Crippen LogP contribution in [0.5, 0.6) is 0 Å². The fourth-order valence-electron chi connectivity index (χ4n) is 2.74. The second-order valence-electron chi connectivity index (χ2n) is 5.69. The van der Waals surface area contributed by atoms with Crippen molar-refractivity contribution < 1.29 is 18.3 Å². The van der Waals surface area contributed by atoms with Crippen LogP contribution in [-0.4, -0.2) is 36.0 Å². The number of fused-ring (bicyclic) bond motifs is 1. The Balaban J connectivity index is 2.17. The maximum atomic E-state index is 13.2. The summed E-state index contributed by atoms with van der Waals surface area (Å²) >= 11 is 0. The van der Waals surface area contributed by atoms with Crippen molar-refractivity contribution in [3.8, 4) is 0 Å². The van der Waals surface area contributed by atoms with Gasteiger partial charge in [-0.1, -0.05) is 19.1 Å². The topological polar surface area (TPSA) is 123 Å². The van der Waals surface area contributed by atoms with Crippen LogP contribution >= 0.6 is 0 Å². The largest absolute Gasteiger partial charge is 0.478 e. The van der Waals surface area contributed by atoms with E-state index < -0.39 is 21.7 Å². The van der Waals surface area contributed by atoms with E-state index in [1.165, 1.54) is 30.3 Å². The highest BCUT2D eigenvalue weighted by Crippen LogP contribution is 2.28. The number of sulfonamides is 1. The molecule has 136 valence electrons. The van der Waals surface area contributed by atoms with Crippen LogP contribution < -0.4 is 9.99 Å². The zero-order chi connectivity index (χ0) is 18.9. The number of nitrogens with one attached hydrogen (secondary N) is 2. The number of carboxylic acids is 1. The first kappa shape index (κ1) is 17.7. The summed E-state index contributed by atoms with van der Waals surface area (Å²) in [7, 11) is -4.02. The Hall–Kier alpha value is -3.07. The summed E-state index contributed by atoms with van der Waals surface area (Å²) in [5.74, 6) is -1.21. The summed E-state index contributed by atoms with van der Waals surface area (Å²) in [5, 5.41) is 9.40. The van der Waals surface area contributed by atoms with E-state index in [0.29, 0.717) is 17.5 Å². The summed E-state index contributed by atoms with van der Waals surface area (Å²) in [6.07, 6.45) is 0.496. The first-order valence-electron chi connectivity index (χ1n) is 7.91. The molecule has 2 aromatic carbocycles. The van der Waals surface area contributed by atoms with Gasteiger partial charge in [-0.25, -0.2) is 18.0 Å². The Morgan fingerprint density at radius 3 is 2.50 bits per heavy atom. The number of para-hydroxylation sites is 1. The highest BCUT2D eigenvalue weighted by atomic mass is 32.2. The molecule has 3 aromatic rings. The van der Waals surface area contributed by atoms with Crippen molar-refractivity contribution in [1.29, 1.82) is 0 Å². The van der Waals surface area contributed by atoms with E-state index in [0.717, 1.165) is 4.31 Å². The summed E-state index contributed by atoms with van der Waals surface area (Å²) in [5.41, 5.74) is 0.419. The smallest absolute Gasteiger partial charge is 0.337 e. The normalized spacial score (nSPS) is 11.6. The minimum atomic E-state index is -4.02. The lowest BCUT2D eigenvalue weighted by atomic mass is 10.2. The molecule has 0 aliphatic carbocycles. The number of hydrogen-bond donors (Lipinski definition) is 3. The van der Waals surface area contributed by atoms with Gasteiger partial charge in [0.2, 0.25) is 0 Å². The van der Waals surface area contributed by atoms with Crippen molar-refractivity contribution >= 4 is 32.7 Å². The number of aromatic carboxylic acids is 1. The molecular formula is C17H17N3O5S. The molecule has 8 nitrogen and oxygen atoms in total. The quantitative estimate of drug-likeness (QED) is 0.609. The molecule has 0 amide bonds. The van der Waals surface area contributed by atoms with Crippen molar-refractivity contribution in [2.45, 2.75) is 18.2 Å². The van der Waals surface area contributed by atoms with Gasteiger partial charge in [-0.3, -0.25) is 4.31 Å². The van der Waals surface area contributed by atoms with Crippen LogP contribution in [-0.2, 0) is 10.0 Å². The highest BCUT2D eigenvalue weighted by molar-refractivity contribution is 7.92. The molecule has 0 radical (unpaired) electrons. The molecule has 1 heterocycles. The van der Waals surface area contributed by atoms with Crippen LogP contribution in [0.1, 0.15) is 23.7 Å². The number of aromatic amines is 2. The van der Waals surface area contributed by atoms with Crippen molar-refractivity contribution in [2.24, 2.45) is 0 Å². The van der Waals surface area contributed by atoms with Gasteiger partial charge in [0.25, 0.3) is 10.0 Å². The van der Waals surface area contributed by atoms with Crippen LogP contribution in [0, 0.1) is 0 Å². The van der Waals surface area contributed by atoms with E-state index in [1.807, 2.05) is 0 Å². The lowest BCUT2D eigenvalue weighted by Crippen LogP contribution is -2.33. The second kappa shape index (κ2) is 6.68. The third-order valence-corrected chi connectivity index (χ3v) is 5.71. The number of carboxylic acid groups (broad SMARTS) is 1. The number of H-pyrrole nitrogens is 2. The molecule has 0 atom stereocenters. The highest BCUT2D eigenvalue weighted by Gasteiger charge is 2.28. The Morgan fingerprint density at radius 2 is 1.81 bits per heavy atom. The molecule has 3 N–H and O–H groups in total. The van der Waals surface area contributed by atoms with E-state index in [9.17, 15) is 23.1 Å². The van der Waals surface area contributed by atoms with Crippen molar-refractivity contribution in [3.63, 3.8) is 0 Å². The van der Waals surface area contributed by atoms with Crippen molar-refractivity contribution in [3.05, 3.63) is 58.5 Å². The van der Waals surface area contributed by atoms with Gasteiger partial charge in [0.15, 0.2) is 0 Å². The molecule has 0 saturated carbocycles. The van der Waals surface area contributed by atoms with Crippen LogP contribution in [0.2, 0.25) is 0 Å². The van der Waals surface area contributed by atoms with Crippen molar-refractivity contribution in [1.82, 2.24) is 9.97 Å². The number of rotatable bonds is 6. The van der Waals surface area contributed by atoms with Crippen LogP contribution in [0.4, 0.5) is 5.69 Å². The Morgan fingerprint density at radius 1 is 1.12 bits per heavy atom. The minimum Gasteiger partial charge on any atom is -0.478 e. The first-order valence-corrected chi connectivity index (χ1v) is 9.35. The van der Waals surface area contributed by atoms with Gasteiger partial charge in [0, 0.05) is 6.54 Å². The SMILES string of the molecule is CCCN(c1ccccc1C(=O)O)S(=O)(=O)c1ccc2[nH]c(=O)[nH]c2c1. The number of imidazole rings is 1. The Kier molecular flexibility index (Phi) is 4.56. The number of anilines is 1. The maximum Gasteiger partial charge on any atom is 0.337 e. The predicted molar refractivity (Wildman–Crippen MR) is 97.1 cm³/mol. The summed E-state index contributed by atoms with van der Waals surface area (Å²) in [4.78, 5) is 27.9. The van der Waals surface area contributed by atoms with E-state index in [1.54, 1.807) is 19.1 Å². The van der Waals surface area contributed by atoms with Gasteiger partial charge >= 0.3 is 11.7 Å². The van der Waals surface area contributed by atoms with Gasteiger partial charge in [0.05, 0.1) is 27.2 Å². The molecule has 0 fully saturated rings. The zero-order valence-corrected chi connectivity index (χ0v) is 14.7. The third kappa shape index (κ3) is 3.08. The van der Waals surface area contributed by atoms with E-state index >= 15 is 0 Å². The maximum absolute atomic E-state index is 13.2. The number of carbonyl (C=O) groups is 1. The average Bonchev–Trinajstić information content (AvgIpc) is 2.98. The second-order valence-corrected chi connectivity index (χ2v) is 7.55. The van der Waals surface area contributed by atoms with Gasteiger partial charge in [0.1, 0.15) is 0 Å². The predicted octanol–water partition coefficient (Wildman–Crippen LogP) is 2.16. The van der Waals surface area contributed by atoms with E-state index in [2.05, 4.69) is 9.97 Å². The molecule has 0 aliphatic heterocycles. The molecule has 0 saturated heterocycles. The average molecular weight is 375 g/mol. The monoisotopic (exact) mass is 375 g/mol. The lowest BCUT2D eigenvalue weighted by molar-refractivity contribution is 0.0697. The van der Waals surface area contributed by atoms with Gasteiger partial charge in [-0.15, -0.1) is 0 Å². The van der Waals surface area contributed by atoms with Crippen LogP contribution in [0.15, 0.2) is 52.2 Å². The summed E-state index contributed by atoms with van der Waals surface area (Å²) < 4.78 is 27.4. The van der Waals surface area contributed by atoms with Crippen molar-refractivity contribution in [2.75, 3.05) is 10.8 Å². The molecule has 0 bridgehead atoms. The van der Waals surface area contributed by atoms with Gasteiger partial charge in [-0.2, -0.15) is 0 Å². The Labute approximate surface area is 149 Å². The van der Waals surface area contributed by atoms with Gasteiger partial charge < -0.3 is 15.1 Å². The minimum absolute atomic E-state index is 0.0334. The standard InChI is InChI=1S/C17H17N3O5S/c1-2-9-20(15-6-4-3-5-12(15)16(21)22)26(24,25)11-7-8-13-14(10-11)19-17(23)18-13/h3-8,10H,2,9H2,1H3,(H,21,22)(H2,18,19,23). The van der Waals surface area contributed by atoms with E-state index in [-0.39, 0.29) is 22.7 Å². The fraction of sp³-hybridized carbons (Fsp3) is 0.176. The number of aromatic nitrogens is 2. The molecule has 0 spiro atoms. The number of nitrogens with zero attached hydrogens (tertiary/aromatic N) is 1. The molecule has 1 aromatic heterocycles. The third-order valence-electron chi connectivity index (χ3n) is 3.91. The number of hydrogen-bond acceptors (Lipinski definition) is 4.